The van der Waals surface area contributed by atoms with Crippen LogP contribution in [-0.2, 0) is 20.6 Å². The van der Waals surface area contributed by atoms with Crippen molar-refractivity contribution in [1.82, 2.24) is 14.5 Å². The van der Waals surface area contributed by atoms with Crippen LogP contribution in [0.15, 0.2) is 18.2 Å². The van der Waals surface area contributed by atoms with Crippen LogP contribution in [-0.4, -0.2) is 62.8 Å². The van der Waals surface area contributed by atoms with Crippen molar-refractivity contribution >= 4 is 39.1 Å². The maximum absolute atomic E-state index is 12.8. The van der Waals surface area contributed by atoms with Crippen molar-refractivity contribution in [2.75, 3.05) is 39.3 Å². The standard InChI is InChI=1S/C23H35Cl2N3O3S/c1-17-13-18(2)15-27(14-17)10-4-9-26-23(29)19-7-11-28(12-8-19)32(30,31)16-20-21(24)5-3-6-22(20)25/h3,5-6,17-19H,4,7-16H2,1-2H3,(H,26,29). The Morgan fingerprint density at radius 3 is 2.28 bits per heavy atom. The summed E-state index contributed by atoms with van der Waals surface area (Å²) in [7, 11) is -3.55. The summed E-state index contributed by atoms with van der Waals surface area (Å²) in [6.45, 7) is 9.26. The van der Waals surface area contributed by atoms with Gasteiger partial charge >= 0.3 is 0 Å². The number of benzene rings is 1. The predicted octanol–water partition coefficient (Wildman–Crippen LogP) is 4.02. The van der Waals surface area contributed by atoms with Gasteiger partial charge in [0.05, 0.1) is 5.75 Å². The number of amides is 1. The van der Waals surface area contributed by atoms with E-state index in [2.05, 4.69) is 24.1 Å². The quantitative estimate of drug-likeness (QED) is 0.543. The van der Waals surface area contributed by atoms with Gasteiger partial charge in [-0.2, -0.15) is 0 Å². The zero-order chi connectivity index (χ0) is 23.3. The second-order valence-electron chi connectivity index (χ2n) is 9.48. The zero-order valence-corrected chi connectivity index (χ0v) is 21.4. The molecular formula is C23H35Cl2N3O3S. The lowest BCUT2D eigenvalue weighted by Crippen LogP contribution is -2.44. The van der Waals surface area contributed by atoms with E-state index in [1.165, 1.54) is 10.7 Å². The Bertz CT molecular complexity index is 858. The molecule has 9 heteroatoms. The van der Waals surface area contributed by atoms with Crippen molar-refractivity contribution in [3.05, 3.63) is 33.8 Å². The van der Waals surface area contributed by atoms with Gasteiger partial charge in [0.25, 0.3) is 0 Å². The van der Waals surface area contributed by atoms with Gasteiger partial charge < -0.3 is 10.2 Å². The van der Waals surface area contributed by atoms with Crippen LogP contribution in [0.4, 0.5) is 0 Å². The molecule has 2 fully saturated rings. The lowest BCUT2D eigenvalue weighted by atomic mass is 9.92. The van der Waals surface area contributed by atoms with Gasteiger partial charge in [0.2, 0.25) is 15.9 Å². The lowest BCUT2D eigenvalue weighted by Gasteiger charge is -2.35. The van der Waals surface area contributed by atoms with Crippen LogP contribution in [0.3, 0.4) is 0 Å². The Hall–Kier alpha value is -0.860. The van der Waals surface area contributed by atoms with Crippen molar-refractivity contribution in [2.24, 2.45) is 17.8 Å². The number of rotatable bonds is 8. The molecule has 180 valence electrons. The summed E-state index contributed by atoms with van der Waals surface area (Å²) in [6, 6.07) is 4.97. The molecule has 1 amide bonds. The van der Waals surface area contributed by atoms with Crippen LogP contribution >= 0.6 is 23.2 Å². The Morgan fingerprint density at radius 1 is 1.09 bits per heavy atom. The average molecular weight is 505 g/mol. The van der Waals surface area contributed by atoms with Crippen LogP contribution in [0.5, 0.6) is 0 Å². The molecule has 2 aliphatic heterocycles. The third-order valence-electron chi connectivity index (χ3n) is 6.50. The summed E-state index contributed by atoms with van der Waals surface area (Å²) < 4.78 is 27.1. The molecule has 3 rings (SSSR count). The number of carbonyl (C=O) groups is 1. The number of halogens is 2. The molecule has 0 aromatic heterocycles. The topological polar surface area (TPSA) is 69.7 Å². The maximum Gasteiger partial charge on any atom is 0.223 e. The first kappa shape index (κ1) is 25.8. The van der Waals surface area contributed by atoms with Crippen molar-refractivity contribution < 1.29 is 13.2 Å². The van der Waals surface area contributed by atoms with E-state index in [1.807, 2.05) is 0 Å². The minimum absolute atomic E-state index is 0.0385. The Labute approximate surface area is 202 Å². The van der Waals surface area contributed by atoms with Gasteiger partial charge in [-0.3, -0.25) is 4.79 Å². The molecule has 0 aliphatic carbocycles. The van der Waals surface area contributed by atoms with Crippen molar-refractivity contribution in [1.29, 1.82) is 0 Å². The molecule has 0 radical (unpaired) electrons. The second-order valence-corrected chi connectivity index (χ2v) is 12.3. The molecule has 32 heavy (non-hydrogen) atoms. The SMILES string of the molecule is CC1CC(C)CN(CCCNC(=O)C2CCN(S(=O)(=O)Cc3c(Cl)cccc3Cl)CC2)C1. The van der Waals surface area contributed by atoms with E-state index < -0.39 is 10.0 Å². The van der Waals surface area contributed by atoms with Crippen molar-refractivity contribution in [3.8, 4) is 0 Å². The predicted molar refractivity (Wildman–Crippen MR) is 130 cm³/mol. The van der Waals surface area contributed by atoms with Gasteiger partial charge in [0.1, 0.15) is 0 Å². The molecule has 2 atom stereocenters. The van der Waals surface area contributed by atoms with E-state index in [4.69, 9.17) is 23.2 Å². The lowest BCUT2D eigenvalue weighted by molar-refractivity contribution is -0.126. The number of likely N-dealkylation sites (tertiary alicyclic amines) is 1. The zero-order valence-electron chi connectivity index (χ0n) is 19.0. The Kier molecular flexibility index (Phi) is 9.27. The van der Waals surface area contributed by atoms with Crippen LogP contribution in [0, 0.1) is 17.8 Å². The maximum atomic E-state index is 12.8. The fourth-order valence-corrected chi connectivity index (χ4v) is 7.29. The highest BCUT2D eigenvalue weighted by molar-refractivity contribution is 7.88. The highest BCUT2D eigenvalue weighted by Crippen LogP contribution is 2.29. The first-order valence-electron chi connectivity index (χ1n) is 11.6. The fraction of sp³-hybridized carbons (Fsp3) is 0.696. The summed E-state index contributed by atoms with van der Waals surface area (Å²) in [5.41, 5.74) is 0.424. The molecule has 2 saturated heterocycles. The average Bonchev–Trinajstić information content (AvgIpc) is 2.73. The van der Waals surface area contributed by atoms with Gasteiger partial charge in [0, 0.05) is 54.3 Å². The molecule has 2 unspecified atom stereocenters. The number of carbonyl (C=O) groups excluding carboxylic acids is 1. The first-order chi connectivity index (χ1) is 15.2. The molecule has 6 nitrogen and oxygen atoms in total. The van der Waals surface area contributed by atoms with Crippen LogP contribution in [0.2, 0.25) is 10.0 Å². The third kappa shape index (κ3) is 7.07. The number of hydrogen-bond donors (Lipinski definition) is 1. The highest BCUT2D eigenvalue weighted by atomic mass is 35.5. The number of nitrogens with one attached hydrogen (secondary N) is 1. The van der Waals surface area contributed by atoms with Crippen LogP contribution in [0.1, 0.15) is 45.1 Å². The smallest absolute Gasteiger partial charge is 0.223 e. The minimum atomic E-state index is -3.55. The van der Waals surface area contributed by atoms with Gasteiger partial charge in [0.15, 0.2) is 0 Å². The molecule has 1 aromatic carbocycles. The summed E-state index contributed by atoms with van der Waals surface area (Å²) in [5, 5.41) is 3.76. The summed E-state index contributed by atoms with van der Waals surface area (Å²) in [4.78, 5) is 15.1. The van der Waals surface area contributed by atoms with Crippen LogP contribution < -0.4 is 5.32 Å². The normalized spacial score (nSPS) is 23.9. The van der Waals surface area contributed by atoms with E-state index in [0.29, 0.717) is 48.1 Å². The first-order valence-corrected chi connectivity index (χ1v) is 13.9. The van der Waals surface area contributed by atoms with E-state index in [1.54, 1.807) is 18.2 Å². The molecule has 2 heterocycles. The van der Waals surface area contributed by atoms with Gasteiger partial charge in [-0.25, -0.2) is 12.7 Å². The molecule has 1 aromatic rings. The molecule has 0 bridgehead atoms. The van der Waals surface area contributed by atoms with E-state index in [0.717, 1.165) is 37.9 Å². The Balaban J connectivity index is 1.40. The number of piperidine rings is 2. The molecule has 1 N–H and O–H groups in total. The van der Waals surface area contributed by atoms with E-state index in [-0.39, 0.29) is 17.6 Å². The Morgan fingerprint density at radius 2 is 1.69 bits per heavy atom. The highest BCUT2D eigenvalue weighted by Gasteiger charge is 2.32. The molecule has 0 saturated carbocycles. The number of hydrogen-bond acceptors (Lipinski definition) is 4. The van der Waals surface area contributed by atoms with E-state index in [9.17, 15) is 13.2 Å². The van der Waals surface area contributed by atoms with Gasteiger partial charge in [-0.15, -0.1) is 0 Å². The summed E-state index contributed by atoms with van der Waals surface area (Å²) in [5.74, 6) is 1.15. The van der Waals surface area contributed by atoms with Gasteiger partial charge in [-0.05, 0) is 56.2 Å². The largest absolute Gasteiger partial charge is 0.356 e. The van der Waals surface area contributed by atoms with Crippen molar-refractivity contribution in [2.45, 2.75) is 45.3 Å². The van der Waals surface area contributed by atoms with E-state index >= 15 is 0 Å². The number of nitrogens with zero attached hydrogens (tertiary/aromatic N) is 2. The van der Waals surface area contributed by atoms with Gasteiger partial charge in [-0.1, -0.05) is 43.1 Å². The molecule has 0 spiro atoms. The summed E-state index contributed by atoms with van der Waals surface area (Å²) in [6.07, 6.45) is 3.30. The summed E-state index contributed by atoms with van der Waals surface area (Å²) >= 11 is 12.3. The van der Waals surface area contributed by atoms with Crippen molar-refractivity contribution in [3.63, 3.8) is 0 Å². The van der Waals surface area contributed by atoms with Crippen LogP contribution in [0.25, 0.3) is 0 Å². The monoisotopic (exact) mass is 503 g/mol. The minimum Gasteiger partial charge on any atom is -0.356 e. The third-order valence-corrected chi connectivity index (χ3v) is 9.01. The second kappa shape index (κ2) is 11.5. The number of sulfonamides is 1. The molecular weight excluding hydrogens is 469 g/mol. The molecule has 2 aliphatic rings. The fourth-order valence-electron chi connectivity index (χ4n) is 4.97.